The topological polar surface area (TPSA) is 114 Å². The molecule has 3 rings (SSSR count). The van der Waals surface area contributed by atoms with Gasteiger partial charge in [0.1, 0.15) is 5.76 Å². The van der Waals surface area contributed by atoms with E-state index >= 15 is 0 Å². The van der Waals surface area contributed by atoms with Gasteiger partial charge in [-0.05, 0) is 25.0 Å². The van der Waals surface area contributed by atoms with Gasteiger partial charge in [-0.2, -0.15) is 0 Å². The van der Waals surface area contributed by atoms with E-state index in [9.17, 15) is 14.4 Å². The fourth-order valence-electron chi connectivity index (χ4n) is 2.93. The number of nitrogens with zero attached hydrogens (tertiary/aromatic N) is 2. The molecule has 0 aromatic carbocycles. The fraction of sp³-hybridized carbons (Fsp3) is 0.474. The molecule has 0 radical (unpaired) electrons. The molecule has 2 aromatic rings. The number of nitrogens with one attached hydrogen (secondary N) is 2. The van der Waals surface area contributed by atoms with Gasteiger partial charge in [-0.1, -0.05) is 0 Å². The summed E-state index contributed by atoms with van der Waals surface area (Å²) in [5, 5.41) is 7.69. The Morgan fingerprint density at radius 3 is 2.86 bits per heavy atom. The number of carbonyl (C=O) groups is 3. The number of thiazole rings is 1. The minimum atomic E-state index is -0.303. The summed E-state index contributed by atoms with van der Waals surface area (Å²) in [6.45, 7) is 1.19. The van der Waals surface area contributed by atoms with Crippen molar-refractivity contribution in [1.29, 1.82) is 0 Å². The number of furan rings is 1. The average molecular weight is 420 g/mol. The summed E-state index contributed by atoms with van der Waals surface area (Å²) in [6.07, 6.45) is 5.03. The first-order valence-electron chi connectivity index (χ1n) is 9.48. The second-order valence-electron chi connectivity index (χ2n) is 6.65. The molecule has 1 fully saturated rings. The van der Waals surface area contributed by atoms with E-state index in [0.717, 1.165) is 12.8 Å². The van der Waals surface area contributed by atoms with Gasteiger partial charge in [0, 0.05) is 37.6 Å². The van der Waals surface area contributed by atoms with Gasteiger partial charge in [0.2, 0.25) is 17.7 Å². The molecule has 156 valence electrons. The monoisotopic (exact) mass is 420 g/mol. The summed E-state index contributed by atoms with van der Waals surface area (Å²) in [4.78, 5) is 42.3. The van der Waals surface area contributed by atoms with Gasteiger partial charge in [-0.25, -0.2) is 4.98 Å². The van der Waals surface area contributed by atoms with Gasteiger partial charge in [0.25, 0.3) is 0 Å². The van der Waals surface area contributed by atoms with Crippen molar-refractivity contribution in [2.45, 2.75) is 38.3 Å². The molecule has 9 nitrogen and oxygen atoms in total. The van der Waals surface area contributed by atoms with Crippen LogP contribution in [0, 0.1) is 0 Å². The maximum Gasteiger partial charge on any atom is 0.239 e. The Morgan fingerprint density at radius 2 is 2.17 bits per heavy atom. The van der Waals surface area contributed by atoms with Crippen LogP contribution < -0.4 is 10.6 Å². The first kappa shape index (κ1) is 21.0. The van der Waals surface area contributed by atoms with Crippen molar-refractivity contribution in [2.24, 2.45) is 0 Å². The van der Waals surface area contributed by atoms with Crippen LogP contribution in [0.2, 0.25) is 0 Å². The van der Waals surface area contributed by atoms with Crippen LogP contribution in [0.1, 0.15) is 31.4 Å². The molecule has 2 N–H and O–H groups in total. The van der Waals surface area contributed by atoms with Crippen molar-refractivity contribution < 1.29 is 23.5 Å². The maximum absolute atomic E-state index is 12.7. The molecule has 29 heavy (non-hydrogen) atoms. The van der Waals surface area contributed by atoms with E-state index < -0.39 is 0 Å². The fourth-order valence-corrected chi connectivity index (χ4v) is 3.48. The van der Waals surface area contributed by atoms with Crippen LogP contribution in [0.15, 0.2) is 34.4 Å². The third-order valence-electron chi connectivity index (χ3n) is 4.41. The maximum atomic E-state index is 12.7. The predicted octanol–water partition coefficient (Wildman–Crippen LogP) is 1.78. The number of carbonyl (C=O) groups excluding carboxylic acids is 3. The van der Waals surface area contributed by atoms with Crippen LogP contribution in [-0.2, 0) is 25.7 Å². The van der Waals surface area contributed by atoms with Crippen LogP contribution in [0.3, 0.4) is 0 Å². The van der Waals surface area contributed by atoms with Crippen molar-refractivity contribution >= 4 is 34.2 Å². The molecule has 0 bridgehead atoms. The lowest BCUT2D eigenvalue weighted by Crippen LogP contribution is -2.42. The molecular formula is C19H24N4O5S. The van der Waals surface area contributed by atoms with Gasteiger partial charge in [0.15, 0.2) is 5.13 Å². The Hall–Kier alpha value is -2.72. The standard InChI is InChI=1S/C19H24N4O5S/c24-16(22-19-20-7-10-29-19)5-6-18(26)23(12-15-4-2-9-28-15)13-17(25)21-11-14-3-1-8-27-14/h2,4,7,9-10,14H,1,3,5-6,8,11-13H2,(H,21,25)(H,20,22,24)/t14-/m1/s1. The van der Waals surface area contributed by atoms with Crippen molar-refractivity contribution in [2.75, 3.05) is 25.0 Å². The van der Waals surface area contributed by atoms with E-state index in [1.165, 1.54) is 22.5 Å². The van der Waals surface area contributed by atoms with Crippen LogP contribution >= 0.6 is 11.3 Å². The first-order chi connectivity index (χ1) is 14.1. The molecule has 1 saturated heterocycles. The zero-order chi connectivity index (χ0) is 20.5. The molecule has 0 aliphatic carbocycles. The SMILES string of the molecule is O=C(CN(Cc1ccco1)C(=O)CCC(=O)Nc1nccs1)NC[C@H]1CCCO1. The second kappa shape index (κ2) is 10.7. The largest absolute Gasteiger partial charge is 0.467 e. The molecule has 1 atom stereocenters. The summed E-state index contributed by atoms with van der Waals surface area (Å²) >= 11 is 1.30. The number of anilines is 1. The molecular weight excluding hydrogens is 396 g/mol. The third kappa shape index (κ3) is 6.99. The highest BCUT2D eigenvalue weighted by molar-refractivity contribution is 7.13. The molecule has 1 aliphatic rings. The zero-order valence-corrected chi connectivity index (χ0v) is 16.8. The predicted molar refractivity (Wildman–Crippen MR) is 106 cm³/mol. The molecule has 3 heterocycles. The smallest absolute Gasteiger partial charge is 0.239 e. The number of hydrogen-bond donors (Lipinski definition) is 2. The molecule has 0 spiro atoms. The van der Waals surface area contributed by atoms with Gasteiger partial charge in [-0.3, -0.25) is 14.4 Å². The van der Waals surface area contributed by atoms with Crippen molar-refractivity contribution in [3.05, 3.63) is 35.7 Å². The molecule has 1 aliphatic heterocycles. The lowest BCUT2D eigenvalue weighted by atomic mass is 10.2. The van der Waals surface area contributed by atoms with Crippen LogP contribution in [0.5, 0.6) is 0 Å². The number of aromatic nitrogens is 1. The Morgan fingerprint density at radius 1 is 1.28 bits per heavy atom. The summed E-state index contributed by atoms with van der Waals surface area (Å²) in [7, 11) is 0. The Bertz CT molecular complexity index is 788. The Kier molecular flexibility index (Phi) is 7.77. The van der Waals surface area contributed by atoms with Crippen LogP contribution in [0.25, 0.3) is 0 Å². The van der Waals surface area contributed by atoms with Crippen molar-refractivity contribution in [3.63, 3.8) is 0 Å². The highest BCUT2D eigenvalue weighted by Crippen LogP contribution is 2.13. The lowest BCUT2D eigenvalue weighted by Gasteiger charge is -2.21. The van der Waals surface area contributed by atoms with E-state index in [-0.39, 0.29) is 49.8 Å². The second-order valence-corrected chi connectivity index (χ2v) is 7.55. The van der Waals surface area contributed by atoms with Crippen LogP contribution in [-0.4, -0.2) is 53.4 Å². The van der Waals surface area contributed by atoms with Crippen molar-refractivity contribution in [1.82, 2.24) is 15.2 Å². The minimum absolute atomic E-state index is 0.00456. The average Bonchev–Trinajstić information content (AvgIpc) is 3.47. The summed E-state index contributed by atoms with van der Waals surface area (Å²) in [6, 6.07) is 3.46. The molecule has 2 aromatic heterocycles. The Balaban J connectivity index is 1.50. The highest BCUT2D eigenvalue weighted by Gasteiger charge is 2.21. The van der Waals surface area contributed by atoms with Gasteiger partial charge in [-0.15, -0.1) is 11.3 Å². The minimum Gasteiger partial charge on any atom is -0.467 e. The van der Waals surface area contributed by atoms with Crippen LogP contribution in [0.4, 0.5) is 5.13 Å². The number of hydrogen-bond acceptors (Lipinski definition) is 7. The summed E-state index contributed by atoms with van der Waals surface area (Å²) in [5.41, 5.74) is 0. The lowest BCUT2D eigenvalue weighted by molar-refractivity contribution is -0.137. The van der Waals surface area contributed by atoms with E-state index in [1.54, 1.807) is 23.7 Å². The molecule has 10 heteroatoms. The van der Waals surface area contributed by atoms with E-state index in [2.05, 4.69) is 15.6 Å². The number of ether oxygens (including phenoxy) is 1. The highest BCUT2D eigenvalue weighted by atomic mass is 32.1. The Labute approximate surface area is 172 Å². The van der Waals surface area contributed by atoms with E-state index in [0.29, 0.717) is 24.0 Å². The normalized spacial score (nSPS) is 15.8. The molecule has 0 unspecified atom stereocenters. The zero-order valence-electron chi connectivity index (χ0n) is 16.0. The quantitative estimate of drug-likeness (QED) is 0.606. The van der Waals surface area contributed by atoms with Gasteiger partial charge < -0.3 is 24.7 Å². The number of amides is 3. The first-order valence-corrected chi connectivity index (χ1v) is 10.4. The number of rotatable bonds is 10. The van der Waals surface area contributed by atoms with E-state index in [4.69, 9.17) is 9.15 Å². The van der Waals surface area contributed by atoms with Gasteiger partial charge >= 0.3 is 0 Å². The molecule has 0 saturated carbocycles. The summed E-state index contributed by atoms with van der Waals surface area (Å²) < 4.78 is 10.8. The third-order valence-corrected chi connectivity index (χ3v) is 5.10. The van der Waals surface area contributed by atoms with E-state index in [1.807, 2.05) is 0 Å². The van der Waals surface area contributed by atoms with Gasteiger partial charge in [0.05, 0.1) is 25.5 Å². The molecule has 3 amide bonds. The summed E-state index contributed by atoms with van der Waals surface area (Å²) in [5.74, 6) is -0.304. The van der Waals surface area contributed by atoms with Crippen molar-refractivity contribution in [3.8, 4) is 0 Å².